The second-order valence-electron chi connectivity index (χ2n) is 8.23. The Labute approximate surface area is 190 Å². The van der Waals surface area contributed by atoms with Gasteiger partial charge < -0.3 is 14.4 Å². The first-order chi connectivity index (χ1) is 15.0. The van der Waals surface area contributed by atoms with E-state index in [2.05, 4.69) is 76.8 Å². The van der Waals surface area contributed by atoms with Gasteiger partial charge in [0.2, 0.25) is 5.91 Å². The van der Waals surface area contributed by atoms with Crippen molar-refractivity contribution in [3.63, 3.8) is 0 Å². The van der Waals surface area contributed by atoms with Crippen LogP contribution in [0.5, 0.6) is 0 Å². The van der Waals surface area contributed by atoms with Gasteiger partial charge in [0.25, 0.3) is 0 Å². The van der Waals surface area contributed by atoms with Crippen molar-refractivity contribution in [2.24, 2.45) is 0 Å². The van der Waals surface area contributed by atoms with E-state index in [1.54, 1.807) is 0 Å². The maximum atomic E-state index is 12.9. The van der Waals surface area contributed by atoms with Crippen LogP contribution >= 0.6 is 11.8 Å². The van der Waals surface area contributed by atoms with Crippen LogP contribution < -0.4 is 4.90 Å². The number of carbonyl (C=O) groups is 1. The summed E-state index contributed by atoms with van der Waals surface area (Å²) in [6.07, 6.45) is 3.18. The van der Waals surface area contributed by atoms with Crippen molar-refractivity contribution in [3.8, 4) is 0 Å². The minimum atomic E-state index is 0.184. The molecule has 2 aromatic rings. The number of para-hydroxylation sites is 1. The number of amides is 1. The van der Waals surface area contributed by atoms with Crippen LogP contribution in [-0.4, -0.2) is 76.5 Å². The number of hydrogen-bond donors (Lipinski definition) is 0. The van der Waals surface area contributed by atoms with Crippen LogP contribution in [0, 0.1) is 0 Å². The lowest BCUT2D eigenvalue weighted by Crippen LogP contribution is -2.49. The fraction of sp³-hybridized carbons (Fsp3) is 0.609. The monoisotopic (exact) mass is 444 g/mol. The molecular weight excluding hydrogens is 408 g/mol. The molecule has 1 amide bonds. The van der Waals surface area contributed by atoms with Gasteiger partial charge in [-0.3, -0.25) is 9.69 Å². The van der Waals surface area contributed by atoms with Crippen LogP contribution in [0.15, 0.2) is 35.5 Å². The molecule has 1 aromatic carbocycles. The highest BCUT2D eigenvalue weighted by Crippen LogP contribution is 2.26. The first kappa shape index (κ1) is 23.6. The number of hydrogen-bond acceptors (Lipinski definition) is 6. The van der Waals surface area contributed by atoms with Crippen LogP contribution in [0.25, 0.3) is 0 Å². The predicted molar refractivity (Wildman–Crippen MR) is 128 cm³/mol. The highest BCUT2D eigenvalue weighted by molar-refractivity contribution is 7.99. The van der Waals surface area contributed by atoms with Crippen molar-refractivity contribution in [3.05, 3.63) is 36.2 Å². The molecule has 0 aliphatic carbocycles. The van der Waals surface area contributed by atoms with Crippen molar-refractivity contribution in [2.75, 3.05) is 50.9 Å². The standard InChI is InChI=1S/C23H36N6OS/c1-5-7-13-29-22(20(6-2)26(3)4)24-25-23(29)31-18-21(30)28-16-14-27(15-17-28)19-11-9-8-10-12-19/h8-12,20H,5-7,13-18H2,1-4H3/t20-/m1/s1. The summed E-state index contributed by atoms with van der Waals surface area (Å²) in [5.41, 5.74) is 1.23. The highest BCUT2D eigenvalue weighted by atomic mass is 32.2. The predicted octanol–water partition coefficient (Wildman–Crippen LogP) is 3.53. The van der Waals surface area contributed by atoms with E-state index >= 15 is 0 Å². The Bertz CT molecular complexity index is 817. The van der Waals surface area contributed by atoms with E-state index in [0.29, 0.717) is 5.75 Å². The third kappa shape index (κ3) is 6.01. The second-order valence-corrected chi connectivity index (χ2v) is 9.17. The van der Waals surface area contributed by atoms with Gasteiger partial charge >= 0.3 is 0 Å². The number of carbonyl (C=O) groups excluding carboxylic acids is 1. The van der Waals surface area contributed by atoms with Crippen LogP contribution in [0.1, 0.15) is 45.0 Å². The van der Waals surface area contributed by atoms with E-state index in [0.717, 1.165) is 63.0 Å². The summed E-state index contributed by atoms with van der Waals surface area (Å²) < 4.78 is 2.23. The molecule has 1 aliphatic heterocycles. The molecule has 1 atom stereocenters. The molecule has 7 nitrogen and oxygen atoms in total. The number of aromatic nitrogens is 3. The molecule has 1 aliphatic rings. The summed E-state index contributed by atoms with van der Waals surface area (Å²) in [6, 6.07) is 10.7. The van der Waals surface area contributed by atoms with E-state index < -0.39 is 0 Å². The molecule has 0 N–H and O–H groups in total. The Balaban J connectivity index is 1.59. The largest absolute Gasteiger partial charge is 0.368 e. The molecular formula is C23H36N6OS. The topological polar surface area (TPSA) is 57.5 Å². The Morgan fingerprint density at radius 2 is 1.81 bits per heavy atom. The van der Waals surface area contributed by atoms with Crippen LogP contribution in [-0.2, 0) is 11.3 Å². The summed E-state index contributed by atoms with van der Waals surface area (Å²) >= 11 is 1.52. The molecule has 1 aromatic heterocycles. The normalized spacial score (nSPS) is 15.5. The Morgan fingerprint density at radius 1 is 1.10 bits per heavy atom. The average molecular weight is 445 g/mol. The zero-order valence-electron chi connectivity index (χ0n) is 19.3. The number of benzene rings is 1. The fourth-order valence-corrected chi connectivity index (χ4v) is 4.90. The minimum absolute atomic E-state index is 0.184. The van der Waals surface area contributed by atoms with Crippen molar-refractivity contribution < 1.29 is 4.79 Å². The quantitative estimate of drug-likeness (QED) is 0.523. The molecule has 1 saturated heterocycles. The van der Waals surface area contributed by atoms with E-state index in [4.69, 9.17) is 0 Å². The molecule has 170 valence electrons. The molecule has 1 fully saturated rings. The lowest BCUT2D eigenvalue weighted by Gasteiger charge is -2.36. The third-order valence-electron chi connectivity index (χ3n) is 5.87. The summed E-state index contributed by atoms with van der Waals surface area (Å²) in [6.45, 7) is 8.54. The number of anilines is 1. The Morgan fingerprint density at radius 3 is 2.42 bits per heavy atom. The van der Waals surface area contributed by atoms with Crippen LogP contribution in [0.3, 0.4) is 0 Å². The highest BCUT2D eigenvalue weighted by Gasteiger charge is 2.24. The molecule has 0 bridgehead atoms. The second kappa shape index (κ2) is 11.5. The van der Waals surface area contributed by atoms with Crippen molar-refractivity contribution in [1.29, 1.82) is 0 Å². The first-order valence-corrected chi connectivity index (χ1v) is 12.3. The van der Waals surface area contributed by atoms with Gasteiger partial charge in [-0.15, -0.1) is 10.2 Å². The fourth-order valence-electron chi connectivity index (χ4n) is 4.03. The lowest BCUT2D eigenvalue weighted by atomic mass is 10.2. The zero-order valence-corrected chi connectivity index (χ0v) is 20.1. The number of piperazine rings is 1. The van der Waals surface area contributed by atoms with Crippen molar-refractivity contribution >= 4 is 23.4 Å². The van der Waals surface area contributed by atoms with Gasteiger partial charge in [-0.1, -0.05) is 50.2 Å². The number of unbranched alkanes of at least 4 members (excludes halogenated alkanes) is 1. The molecule has 31 heavy (non-hydrogen) atoms. The summed E-state index contributed by atoms with van der Waals surface area (Å²) in [7, 11) is 4.16. The van der Waals surface area contributed by atoms with E-state index in [1.165, 1.54) is 17.4 Å². The van der Waals surface area contributed by atoms with Gasteiger partial charge in [-0.2, -0.15) is 0 Å². The number of thioether (sulfide) groups is 1. The molecule has 8 heteroatoms. The SMILES string of the molecule is CCCCn1c(SCC(=O)N2CCN(c3ccccc3)CC2)nnc1[C@@H](CC)N(C)C. The van der Waals surface area contributed by atoms with Gasteiger partial charge in [-0.25, -0.2) is 0 Å². The maximum absolute atomic E-state index is 12.9. The van der Waals surface area contributed by atoms with Gasteiger partial charge in [0, 0.05) is 38.4 Å². The smallest absolute Gasteiger partial charge is 0.233 e. The lowest BCUT2D eigenvalue weighted by molar-refractivity contribution is -0.128. The first-order valence-electron chi connectivity index (χ1n) is 11.3. The number of nitrogens with zero attached hydrogens (tertiary/aromatic N) is 6. The maximum Gasteiger partial charge on any atom is 0.233 e. The molecule has 0 radical (unpaired) electrons. The summed E-state index contributed by atoms with van der Waals surface area (Å²) in [5.74, 6) is 1.60. The molecule has 2 heterocycles. The molecule has 0 spiro atoms. The van der Waals surface area contributed by atoms with Gasteiger partial charge in [0.1, 0.15) is 0 Å². The van der Waals surface area contributed by atoms with Crippen LogP contribution in [0.2, 0.25) is 0 Å². The Kier molecular flexibility index (Phi) is 8.78. The summed E-state index contributed by atoms with van der Waals surface area (Å²) in [4.78, 5) is 19.4. The minimum Gasteiger partial charge on any atom is -0.368 e. The molecule has 3 rings (SSSR count). The van der Waals surface area contributed by atoms with E-state index in [1.807, 2.05) is 11.0 Å². The van der Waals surface area contributed by atoms with Crippen LogP contribution in [0.4, 0.5) is 5.69 Å². The summed E-state index contributed by atoms with van der Waals surface area (Å²) in [5, 5.41) is 9.83. The molecule has 0 unspecified atom stereocenters. The van der Waals surface area contributed by atoms with Gasteiger partial charge in [0.05, 0.1) is 11.8 Å². The van der Waals surface area contributed by atoms with E-state index in [-0.39, 0.29) is 11.9 Å². The van der Waals surface area contributed by atoms with Gasteiger partial charge in [0.15, 0.2) is 11.0 Å². The Hall–Kier alpha value is -2.06. The average Bonchev–Trinajstić information content (AvgIpc) is 3.19. The third-order valence-corrected chi connectivity index (χ3v) is 6.82. The zero-order chi connectivity index (χ0) is 22.2. The number of rotatable bonds is 10. The van der Waals surface area contributed by atoms with Crippen molar-refractivity contribution in [1.82, 2.24) is 24.6 Å². The molecule has 0 saturated carbocycles. The van der Waals surface area contributed by atoms with Gasteiger partial charge in [-0.05, 0) is 39.1 Å². The van der Waals surface area contributed by atoms with Crippen molar-refractivity contribution in [2.45, 2.75) is 50.9 Å². The van der Waals surface area contributed by atoms with E-state index in [9.17, 15) is 4.79 Å².